The first-order chi connectivity index (χ1) is 11.6. The smallest absolute Gasteiger partial charge is 0.225 e. The second-order valence-electron chi connectivity index (χ2n) is 6.49. The molecule has 5 nitrogen and oxygen atoms in total. The Kier molecular flexibility index (Phi) is 5.08. The SMILES string of the molecule is Cc1cccc(CNC(=O)C2CCCN(c3nccc(C)n3)C2)c1. The number of carbonyl (C=O) groups is 1. The molecular formula is C19H24N4O. The molecule has 1 amide bonds. The molecule has 1 atom stereocenters. The van der Waals surface area contributed by atoms with Gasteiger partial charge in [-0.1, -0.05) is 29.8 Å². The molecule has 1 aromatic heterocycles. The number of carbonyl (C=O) groups excluding carboxylic acids is 1. The van der Waals surface area contributed by atoms with Crippen LogP contribution in [-0.4, -0.2) is 29.0 Å². The first-order valence-electron chi connectivity index (χ1n) is 8.49. The van der Waals surface area contributed by atoms with Gasteiger partial charge in [0, 0.05) is 31.5 Å². The predicted octanol–water partition coefficient (Wildman–Crippen LogP) is 2.63. The Labute approximate surface area is 143 Å². The van der Waals surface area contributed by atoms with Crippen LogP contribution in [-0.2, 0) is 11.3 Å². The van der Waals surface area contributed by atoms with E-state index in [1.165, 1.54) is 5.56 Å². The van der Waals surface area contributed by atoms with E-state index in [2.05, 4.69) is 39.2 Å². The minimum Gasteiger partial charge on any atom is -0.352 e. The lowest BCUT2D eigenvalue weighted by atomic mass is 9.97. The second-order valence-corrected chi connectivity index (χ2v) is 6.49. The lowest BCUT2D eigenvalue weighted by molar-refractivity contribution is -0.125. The summed E-state index contributed by atoms with van der Waals surface area (Å²) in [6.45, 7) is 6.19. The van der Waals surface area contributed by atoms with Crippen LogP contribution in [0.2, 0.25) is 0 Å². The molecule has 0 saturated carbocycles. The van der Waals surface area contributed by atoms with Crippen molar-refractivity contribution in [1.82, 2.24) is 15.3 Å². The monoisotopic (exact) mass is 324 g/mol. The van der Waals surface area contributed by atoms with Crippen LogP contribution in [0.3, 0.4) is 0 Å². The van der Waals surface area contributed by atoms with Gasteiger partial charge in [0.1, 0.15) is 0 Å². The fourth-order valence-electron chi connectivity index (χ4n) is 3.12. The van der Waals surface area contributed by atoms with Gasteiger partial charge in [-0.05, 0) is 38.3 Å². The highest BCUT2D eigenvalue weighted by molar-refractivity contribution is 5.79. The van der Waals surface area contributed by atoms with Gasteiger partial charge in [-0.3, -0.25) is 4.79 Å². The van der Waals surface area contributed by atoms with Crippen molar-refractivity contribution in [3.8, 4) is 0 Å². The summed E-state index contributed by atoms with van der Waals surface area (Å²) in [7, 11) is 0. The second kappa shape index (κ2) is 7.43. The Hall–Kier alpha value is -2.43. The van der Waals surface area contributed by atoms with Crippen molar-refractivity contribution in [2.45, 2.75) is 33.2 Å². The molecule has 24 heavy (non-hydrogen) atoms. The fourth-order valence-corrected chi connectivity index (χ4v) is 3.12. The highest BCUT2D eigenvalue weighted by Gasteiger charge is 2.26. The predicted molar refractivity (Wildman–Crippen MR) is 94.7 cm³/mol. The molecule has 3 rings (SSSR count). The maximum atomic E-state index is 12.5. The number of anilines is 1. The Balaban J connectivity index is 1.59. The molecular weight excluding hydrogens is 300 g/mol. The number of hydrogen-bond acceptors (Lipinski definition) is 4. The number of aromatic nitrogens is 2. The molecule has 5 heteroatoms. The summed E-state index contributed by atoms with van der Waals surface area (Å²) in [5.74, 6) is 0.840. The summed E-state index contributed by atoms with van der Waals surface area (Å²) in [6.07, 6.45) is 3.68. The van der Waals surface area contributed by atoms with Crippen molar-refractivity contribution in [3.05, 3.63) is 53.3 Å². The lowest BCUT2D eigenvalue weighted by Gasteiger charge is -2.32. The molecule has 1 aliphatic rings. The Bertz CT molecular complexity index is 716. The van der Waals surface area contributed by atoms with Crippen LogP contribution in [0.4, 0.5) is 5.95 Å². The molecule has 0 bridgehead atoms. The average Bonchev–Trinajstić information content (AvgIpc) is 2.60. The zero-order chi connectivity index (χ0) is 16.9. The van der Waals surface area contributed by atoms with Crippen LogP contribution < -0.4 is 10.2 Å². The quantitative estimate of drug-likeness (QED) is 0.939. The highest BCUT2D eigenvalue weighted by Crippen LogP contribution is 2.20. The molecule has 126 valence electrons. The molecule has 1 unspecified atom stereocenters. The largest absolute Gasteiger partial charge is 0.352 e. The molecule has 2 heterocycles. The van der Waals surface area contributed by atoms with E-state index in [0.717, 1.165) is 36.6 Å². The number of rotatable bonds is 4. The Morgan fingerprint density at radius 2 is 2.21 bits per heavy atom. The summed E-state index contributed by atoms with van der Waals surface area (Å²) in [4.78, 5) is 23.5. The number of aryl methyl sites for hydroxylation is 2. The summed E-state index contributed by atoms with van der Waals surface area (Å²) in [6, 6.07) is 10.1. The van der Waals surface area contributed by atoms with E-state index in [1.54, 1.807) is 6.20 Å². The number of nitrogens with one attached hydrogen (secondary N) is 1. The minimum atomic E-state index is -0.00679. The first-order valence-corrected chi connectivity index (χ1v) is 8.49. The number of amides is 1. The van der Waals surface area contributed by atoms with E-state index in [1.807, 2.05) is 25.1 Å². The van der Waals surface area contributed by atoms with Crippen LogP contribution in [0.1, 0.15) is 29.7 Å². The van der Waals surface area contributed by atoms with Crippen molar-refractivity contribution in [2.24, 2.45) is 5.92 Å². The van der Waals surface area contributed by atoms with Gasteiger partial charge in [0.2, 0.25) is 11.9 Å². The van der Waals surface area contributed by atoms with Gasteiger partial charge >= 0.3 is 0 Å². The summed E-state index contributed by atoms with van der Waals surface area (Å²) < 4.78 is 0. The average molecular weight is 324 g/mol. The van der Waals surface area contributed by atoms with E-state index >= 15 is 0 Å². The van der Waals surface area contributed by atoms with Gasteiger partial charge in [-0.25, -0.2) is 9.97 Å². The van der Waals surface area contributed by atoms with E-state index in [4.69, 9.17) is 0 Å². The maximum Gasteiger partial charge on any atom is 0.225 e. The highest BCUT2D eigenvalue weighted by atomic mass is 16.1. The molecule has 1 N–H and O–H groups in total. The van der Waals surface area contributed by atoms with E-state index in [-0.39, 0.29) is 11.8 Å². The molecule has 1 saturated heterocycles. The zero-order valence-electron chi connectivity index (χ0n) is 14.3. The third-order valence-corrected chi connectivity index (χ3v) is 4.41. The van der Waals surface area contributed by atoms with E-state index in [0.29, 0.717) is 13.1 Å². The summed E-state index contributed by atoms with van der Waals surface area (Å²) in [5, 5.41) is 3.07. The van der Waals surface area contributed by atoms with E-state index < -0.39 is 0 Å². The zero-order valence-corrected chi connectivity index (χ0v) is 14.3. The Morgan fingerprint density at radius 3 is 3.00 bits per heavy atom. The Morgan fingerprint density at radius 1 is 1.33 bits per heavy atom. The number of benzene rings is 1. The van der Waals surface area contributed by atoms with Crippen LogP contribution in [0.25, 0.3) is 0 Å². The minimum absolute atomic E-state index is 0.00679. The third kappa shape index (κ3) is 4.10. The summed E-state index contributed by atoms with van der Waals surface area (Å²) >= 11 is 0. The van der Waals surface area contributed by atoms with Crippen molar-refractivity contribution in [3.63, 3.8) is 0 Å². The van der Waals surface area contributed by atoms with Crippen molar-refractivity contribution >= 4 is 11.9 Å². The van der Waals surface area contributed by atoms with Crippen molar-refractivity contribution in [1.29, 1.82) is 0 Å². The normalized spacial score (nSPS) is 17.6. The molecule has 0 spiro atoms. The van der Waals surface area contributed by atoms with Gasteiger partial charge in [-0.2, -0.15) is 0 Å². The van der Waals surface area contributed by atoms with Crippen LogP contribution in [0.5, 0.6) is 0 Å². The standard InChI is InChI=1S/C19H24N4O/c1-14-5-3-6-16(11-14)12-21-18(24)17-7-4-10-23(13-17)19-20-9-8-15(2)22-19/h3,5-6,8-9,11,17H,4,7,10,12-13H2,1-2H3,(H,21,24). The van der Waals surface area contributed by atoms with Crippen molar-refractivity contribution < 1.29 is 4.79 Å². The van der Waals surface area contributed by atoms with Gasteiger partial charge < -0.3 is 10.2 Å². The molecule has 0 radical (unpaired) electrons. The van der Waals surface area contributed by atoms with Gasteiger partial charge in [0.05, 0.1) is 5.92 Å². The number of piperidine rings is 1. The summed E-state index contributed by atoms with van der Waals surface area (Å²) in [5.41, 5.74) is 3.30. The van der Waals surface area contributed by atoms with Crippen molar-refractivity contribution in [2.75, 3.05) is 18.0 Å². The first kappa shape index (κ1) is 16.4. The molecule has 0 aliphatic carbocycles. The molecule has 1 aromatic carbocycles. The van der Waals surface area contributed by atoms with Crippen LogP contribution in [0.15, 0.2) is 36.5 Å². The van der Waals surface area contributed by atoms with Crippen LogP contribution >= 0.6 is 0 Å². The van der Waals surface area contributed by atoms with E-state index in [9.17, 15) is 4.79 Å². The number of nitrogens with zero attached hydrogens (tertiary/aromatic N) is 3. The molecule has 1 fully saturated rings. The maximum absolute atomic E-state index is 12.5. The molecule has 2 aromatic rings. The molecule has 1 aliphatic heterocycles. The third-order valence-electron chi connectivity index (χ3n) is 4.41. The van der Waals surface area contributed by atoms with Gasteiger partial charge in [-0.15, -0.1) is 0 Å². The van der Waals surface area contributed by atoms with Crippen LogP contribution in [0, 0.1) is 19.8 Å². The van der Waals surface area contributed by atoms with Gasteiger partial charge in [0.25, 0.3) is 0 Å². The number of hydrogen-bond donors (Lipinski definition) is 1. The fraction of sp³-hybridized carbons (Fsp3) is 0.421. The van der Waals surface area contributed by atoms with Gasteiger partial charge in [0.15, 0.2) is 0 Å². The lowest BCUT2D eigenvalue weighted by Crippen LogP contribution is -2.43. The topological polar surface area (TPSA) is 58.1 Å².